The van der Waals surface area contributed by atoms with Crippen LogP contribution in [0.15, 0.2) is 53.4 Å². The van der Waals surface area contributed by atoms with E-state index in [9.17, 15) is 31.2 Å². The van der Waals surface area contributed by atoms with Gasteiger partial charge in [-0.3, -0.25) is 10.1 Å². The number of sulfonamides is 1. The van der Waals surface area contributed by atoms with Crippen LogP contribution in [-0.2, 0) is 25.7 Å². The van der Waals surface area contributed by atoms with Gasteiger partial charge in [0.1, 0.15) is 0 Å². The van der Waals surface area contributed by atoms with Gasteiger partial charge >= 0.3 is 12.3 Å². The van der Waals surface area contributed by atoms with Crippen molar-refractivity contribution in [2.45, 2.75) is 11.1 Å². The lowest BCUT2D eigenvalue weighted by Crippen LogP contribution is -2.33. The Morgan fingerprint density at radius 1 is 1.00 bits per heavy atom. The Morgan fingerprint density at radius 2 is 1.59 bits per heavy atom. The molecule has 2 amide bonds. The van der Waals surface area contributed by atoms with Gasteiger partial charge in [-0.2, -0.15) is 13.2 Å². The fourth-order valence-corrected chi connectivity index (χ4v) is 3.12. The van der Waals surface area contributed by atoms with Crippen molar-refractivity contribution in [2.75, 3.05) is 24.3 Å². The van der Waals surface area contributed by atoms with Crippen LogP contribution in [0.25, 0.3) is 0 Å². The van der Waals surface area contributed by atoms with E-state index < -0.39 is 45.2 Å². The smallest absolute Gasteiger partial charge is 0.416 e. The topological polar surface area (TPSA) is 114 Å². The van der Waals surface area contributed by atoms with Crippen molar-refractivity contribution in [1.82, 2.24) is 4.72 Å². The molecular weight excluding hydrogens is 415 g/mol. The summed E-state index contributed by atoms with van der Waals surface area (Å²) >= 11 is 0. The lowest BCUT2D eigenvalue weighted by molar-refractivity contribution is -0.137. The van der Waals surface area contributed by atoms with Crippen molar-refractivity contribution < 1.29 is 35.9 Å². The molecule has 0 spiro atoms. The Kier molecular flexibility index (Phi) is 6.82. The van der Waals surface area contributed by atoms with E-state index in [2.05, 4.69) is 15.4 Å². The summed E-state index contributed by atoms with van der Waals surface area (Å²) in [7, 11) is -3.13. The molecule has 0 saturated heterocycles. The standard InChI is InChI=1S/C17H16F3N3O5S/c1-28-16(25)23-13-7-5-12(6-8-13)22-15(24)10-21-29(26,27)14-4-2-3-11(9-14)17(18,19)20/h2-9,21H,10H2,1H3,(H,22,24)(H,23,25). The van der Waals surface area contributed by atoms with Crippen LogP contribution in [0.5, 0.6) is 0 Å². The van der Waals surface area contributed by atoms with Gasteiger partial charge in [-0.1, -0.05) is 6.07 Å². The molecule has 0 bridgehead atoms. The van der Waals surface area contributed by atoms with E-state index >= 15 is 0 Å². The number of ether oxygens (including phenoxy) is 1. The molecular formula is C17H16F3N3O5S. The van der Waals surface area contributed by atoms with Gasteiger partial charge in [-0.15, -0.1) is 0 Å². The van der Waals surface area contributed by atoms with Gasteiger partial charge in [0.05, 0.1) is 24.1 Å². The molecule has 0 heterocycles. The van der Waals surface area contributed by atoms with Crippen LogP contribution in [0, 0.1) is 0 Å². The predicted molar refractivity (Wildman–Crippen MR) is 97.7 cm³/mol. The maximum absolute atomic E-state index is 12.7. The highest BCUT2D eigenvalue weighted by Gasteiger charge is 2.31. The number of anilines is 2. The minimum Gasteiger partial charge on any atom is -0.453 e. The first kappa shape index (κ1) is 22.2. The number of nitrogens with one attached hydrogen (secondary N) is 3. The average Bonchev–Trinajstić information content (AvgIpc) is 2.67. The third-order valence-corrected chi connectivity index (χ3v) is 4.89. The maximum Gasteiger partial charge on any atom is 0.416 e. The number of hydrogen-bond acceptors (Lipinski definition) is 5. The monoisotopic (exact) mass is 431 g/mol. The zero-order valence-corrected chi connectivity index (χ0v) is 15.7. The molecule has 0 unspecified atom stereocenters. The summed E-state index contributed by atoms with van der Waals surface area (Å²) in [5.41, 5.74) is -0.408. The Labute approximate surface area is 164 Å². The number of benzene rings is 2. The Morgan fingerprint density at radius 3 is 2.14 bits per heavy atom. The SMILES string of the molecule is COC(=O)Nc1ccc(NC(=O)CNS(=O)(=O)c2cccc(C(F)(F)F)c2)cc1. The second-order valence-electron chi connectivity index (χ2n) is 5.59. The number of carbonyl (C=O) groups is 2. The number of halogens is 3. The minimum absolute atomic E-state index is 0.309. The van der Waals surface area contributed by atoms with Gasteiger partial charge < -0.3 is 10.1 Å². The zero-order valence-electron chi connectivity index (χ0n) is 14.9. The van der Waals surface area contributed by atoms with Gasteiger partial charge in [0, 0.05) is 11.4 Å². The molecule has 8 nitrogen and oxygen atoms in total. The summed E-state index contributed by atoms with van der Waals surface area (Å²) in [5, 5.41) is 4.81. The lowest BCUT2D eigenvalue weighted by Gasteiger charge is -2.11. The second-order valence-corrected chi connectivity index (χ2v) is 7.36. The number of methoxy groups -OCH3 is 1. The van der Waals surface area contributed by atoms with E-state index in [1.165, 1.54) is 31.4 Å². The minimum atomic E-state index is -4.70. The van der Waals surface area contributed by atoms with E-state index in [1.807, 2.05) is 4.72 Å². The normalized spacial score (nSPS) is 11.6. The fraction of sp³-hybridized carbons (Fsp3) is 0.176. The van der Waals surface area contributed by atoms with Gasteiger partial charge in [-0.05, 0) is 42.5 Å². The summed E-state index contributed by atoms with van der Waals surface area (Å²) in [4.78, 5) is 22.4. The molecule has 2 rings (SSSR count). The van der Waals surface area contributed by atoms with Crippen molar-refractivity contribution in [3.05, 3.63) is 54.1 Å². The number of carbonyl (C=O) groups excluding carboxylic acids is 2. The molecule has 29 heavy (non-hydrogen) atoms. The largest absolute Gasteiger partial charge is 0.453 e. The average molecular weight is 431 g/mol. The molecule has 0 aliphatic carbocycles. The number of alkyl halides is 3. The highest BCUT2D eigenvalue weighted by molar-refractivity contribution is 7.89. The first-order valence-electron chi connectivity index (χ1n) is 7.93. The van der Waals surface area contributed by atoms with E-state index in [0.717, 1.165) is 18.2 Å². The number of rotatable bonds is 6. The molecule has 3 N–H and O–H groups in total. The molecule has 156 valence electrons. The quantitative estimate of drug-likeness (QED) is 0.651. The van der Waals surface area contributed by atoms with Crippen LogP contribution in [-0.4, -0.2) is 34.1 Å². The highest BCUT2D eigenvalue weighted by Crippen LogP contribution is 2.30. The van der Waals surface area contributed by atoms with Gasteiger partial charge in [0.15, 0.2) is 0 Å². The van der Waals surface area contributed by atoms with E-state index in [4.69, 9.17) is 0 Å². The Bertz CT molecular complexity index is 992. The zero-order chi connectivity index (χ0) is 21.7. The van der Waals surface area contributed by atoms with Crippen LogP contribution in [0.3, 0.4) is 0 Å². The van der Waals surface area contributed by atoms with Gasteiger partial charge in [-0.25, -0.2) is 17.9 Å². The molecule has 0 atom stereocenters. The fourth-order valence-electron chi connectivity index (χ4n) is 2.09. The number of hydrogen-bond donors (Lipinski definition) is 3. The molecule has 2 aromatic carbocycles. The summed E-state index contributed by atoms with van der Waals surface area (Å²) in [6.07, 6.45) is -5.37. The van der Waals surface area contributed by atoms with Crippen LogP contribution < -0.4 is 15.4 Å². The van der Waals surface area contributed by atoms with Crippen LogP contribution >= 0.6 is 0 Å². The summed E-state index contributed by atoms with van der Waals surface area (Å²) < 4.78 is 68.8. The molecule has 0 aromatic heterocycles. The van der Waals surface area contributed by atoms with Crippen molar-refractivity contribution in [3.63, 3.8) is 0 Å². The van der Waals surface area contributed by atoms with Crippen LogP contribution in [0.4, 0.5) is 29.3 Å². The Balaban J connectivity index is 1.97. The third-order valence-electron chi connectivity index (χ3n) is 3.49. The molecule has 12 heteroatoms. The van der Waals surface area contributed by atoms with Gasteiger partial charge in [0.2, 0.25) is 15.9 Å². The molecule has 0 radical (unpaired) electrons. The second kappa shape index (κ2) is 8.92. The third kappa shape index (κ3) is 6.47. The molecule has 0 aliphatic heterocycles. The van der Waals surface area contributed by atoms with Crippen molar-refractivity contribution in [3.8, 4) is 0 Å². The molecule has 2 aromatic rings. The lowest BCUT2D eigenvalue weighted by atomic mass is 10.2. The first-order valence-corrected chi connectivity index (χ1v) is 9.41. The van der Waals surface area contributed by atoms with Gasteiger partial charge in [0.25, 0.3) is 0 Å². The molecule has 0 saturated carbocycles. The van der Waals surface area contributed by atoms with Crippen molar-refractivity contribution in [1.29, 1.82) is 0 Å². The Hall–Kier alpha value is -3.12. The highest BCUT2D eigenvalue weighted by atomic mass is 32.2. The number of amides is 2. The summed E-state index contributed by atoms with van der Waals surface area (Å²) in [6.45, 7) is -0.694. The van der Waals surface area contributed by atoms with Crippen LogP contribution in [0.2, 0.25) is 0 Å². The summed E-state index contributed by atoms with van der Waals surface area (Å²) in [6, 6.07) is 9.01. The predicted octanol–water partition coefficient (Wildman–Crippen LogP) is 2.80. The van der Waals surface area contributed by atoms with E-state index in [0.29, 0.717) is 17.4 Å². The van der Waals surface area contributed by atoms with E-state index in [-0.39, 0.29) is 0 Å². The first-order chi connectivity index (χ1) is 13.5. The summed E-state index contributed by atoms with van der Waals surface area (Å²) in [5.74, 6) is -0.741. The van der Waals surface area contributed by atoms with E-state index in [1.54, 1.807) is 0 Å². The molecule has 0 fully saturated rings. The van der Waals surface area contributed by atoms with Crippen molar-refractivity contribution in [2.24, 2.45) is 0 Å². The molecule has 0 aliphatic rings. The maximum atomic E-state index is 12.7. The van der Waals surface area contributed by atoms with Crippen molar-refractivity contribution >= 4 is 33.4 Å². The van der Waals surface area contributed by atoms with Crippen LogP contribution in [0.1, 0.15) is 5.56 Å².